The lowest BCUT2D eigenvalue weighted by molar-refractivity contribution is -0.114. The lowest BCUT2D eigenvalue weighted by atomic mass is 10.1. The zero-order chi connectivity index (χ0) is 21.6. The molecule has 4 rings (SSSR count). The summed E-state index contributed by atoms with van der Waals surface area (Å²) in [7, 11) is 0. The molecule has 1 saturated carbocycles. The Morgan fingerprint density at radius 3 is 2.70 bits per heavy atom. The van der Waals surface area contributed by atoms with Crippen LogP contribution in [0.3, 0.4) is 0 Å². The van der Waals surface area contributed by atoms with Gasteiger partial charge < -0.3 is 9.88 Å². The predicted molar refractivity (Wildman–Crippen MR) is 111 cm³/mol. The van der Waals surface area contributed by atoms with Gasteiger partial charge in [-0.15, -0.1) is 0 Å². The van der Waals surface area contributed by atoms with Gasteiger partial charge in [0.15, 0.2) is 5.82 Å². The number of rotatable bonds is 6. The normalized spacial score (nSPS) is 14.2. The zero-order valence-electron chi connectivity index (χ0n) is 17.2. The van der Waals surface area contributed by atoms with Gasteiger partial charge in [0.2, 0.25) is 5.91 Å². The van der Waals surface area contributed by atoms with Crippen molar-refractivity contribution in [1.29, 1.82) is 0 Å². The number of pyridine rings is 1. The molecular formula is C22H23F2N5O. The first kappa shape index (κ1) is 20.1. The average molecular weight is 411 g/mol. The first-order valence-electron chi connectivity index (χ1n) is 9.80. The molecule has 0 unspecified atom stereocenters. The third kappa shape index (κ3) is 4.08. The number of nitrogens with one attached hydrogen (secondary N) is 1. The summed E-state index contributed by atoms with van der Waals surface area (Å²) in [5, 5.41) is 3.44. The Kier molecular flexibility index (Phi) is 4.88. The molecular weight excluding hydrogens is 388 g/mol. The standard InChI is InChI=1S/C22H23F2N5O/c1-12(15-5-6-15)10-29-11-17(16-8-20(27-14(3)30)25-9-19(16)29)18-7-13(2)26-21(28-18)22(4,23)24/h7-9,11,15H,1,5-6,10H2,2-4H3,(H,25,27,30). The summed E-state index contributed by atoms with van der Waals surface area (Å²) in [6, 6.07) is 3.42. The van der Waals surface area contributed by atoms with E-state index >= 15 is 0 Å². The van der Waals surface area contributed by atoms with E-state index in [0.29, 0.717) is 35.2 Å². The van der Waals surface area contributed by atoms with Crippen LogP contribution in [0.4, 0.5) is 14.6 Å². The van der Waals surface area contributed by atoms with E-state index in [0.717, 1.165) is 36.2 Å². The molecule has 0 atom stereocenters. The summed E-state index contributed by atoms with van der Waals surface area (Å²) in [5.41, 5.74) is 3.49. The number of carbonyl (C=O) groups is 1. The van der Waals surface area contributed by atoms with E-state index in [1.807, 2.05) is 10.8 Å². The molecule has 0 radical (unpaired) electrons. The van der Waals surface area contributed by atoms with Gasteiger partial charge in [0.05, 0.1) is 17.4 Å². The number of aryl methyl sites for hydroxylation is 1. The topological polar surface area (TPSA) is 72.7 Å². The number of carbonyl (C=O) groups excluding carboxylic acids is 1. The third-order valence-electron chi connectivity index (χ3n) is 5.12. The molecule has 30 heavy (non-hydrogen) atoms. The molecule has 8 heteroatoms. The molecule has 0 bridgehead atoms. The minimum atomic E-state index is -3.15. The van der Waals surface area contributed by atoms with Crippen molar-refractivity contribution in [3.63, 3.8) is 0 Å². The van der Waals surface area contributed by atoms with E-state index in [9.17, 15) is 13.6 Å². The van der Waals surface area contributed by atoms with Crippen LogP contribution in [0.1, 0.15) is 38.2 Å². The summed E-state index contributed by atoms with van der Waals surface area (Å²) in [4.78, 5) is 23.8. The second-order valence-electron chi connectivity index (χ2n) is 7.98. The Morgan fingerprint density at radius 2 is 2.07 bits per heavy atom. The SMILES string of the molecule is C=C(Cn1cc(-c2cc(C)nc(C(C)(F)F)n2)c2cc(NC(C)=O)ncc21)C1CC1. The van der Waals surface area contributed by atoms with Crippen molar-refractivity contribution in [3.8, 4) is 11.3 Å². The van der Waals surface area contributed by atoms with Crippen molar-refractivity contribution in [3.05, 3.63) is 48.2 Å². The predicted octanol–water partition coefficient (Wildman–Crippen LogP) is 4.84. The summed E-state index contributed by atoms with van der Waals surface area (Å²) < 4.78 is 29.9. The van der Waals surface area contributed by atoms with Crippen molar-refractivity contribution in [2.75, 3.05) is 5.32 Å². The maximum Gasteiger partial charge on any atom is 0.303 e. The smallest absolute Gasteiger partial charge is 0.303 e. The molecule has 1 N–H and O–H groups in total. The van der Waals surface area contributed by atoms with Crippen molar-refractivity contribution >= 4 is 22.6 Å². The van der Waals surface area contributed by atoms with E-state index in [2.05, 4.69) is 26.8 Å². The average Bonchev–Trinajstić information content (AvgIpc) is 3.44. The number of anilines is 1. The van der Waals surface area contributed by atoms with Gasteiger partial charge in [0, 0.05) is 43.2 Å². The van der Waals surface area contributed by atoms with Crippen LogP contribution >= 0.6 is 0 Å². The van der Waals surface area contributed by atoms with E-state index in [-0.39, 0.29) is 5.91 Å². The molecule has 156 valence electrons. The Bertz CT molecular complexity index is 1160. The van der Waals surface area contributed by atoms with Crippen LogP contribution in [0.15, 0.2) is 36.7 Å². The highest BCUT2D eigenvalue weighted by Gasteiger charge is 2.30. The molecule has 1 aliphatic carbocycles. The van der Waals surface area contributed by atoms with Crippen LogP contribution in [0.2, 0.25) is 0 Å². The Balaban J connectivity index is 1.88. The number of fused-ring (bicyclic) bond motifs is 1. The van der Waals surface area contributed by atoms with Crippen LogP contribution in [0, 0.1) is 12.8 Å². The molecule has 3 heterocycles. The number of amides is 1. The lowest BCUT2D eigenvalue weighted by Crippen LogP contribution is -2.13. The highest BCUT2D eigenvalue weighted by molar-refractivity contribution is 5.98. The maximum absolute atomic E-state index is 13.9. The van der Waals surface area contributed by atoms with Crippen molar-refractivity contribution in [2.45, 2.75) is 46.1 Å². The van der Waals surface area contributed by atoms with E-state index in [1.54, 1.807) is 25.3 Å². The van der Waals surface area contributed by atoms with Gasteiger partial charge >= 0.3 is 5.92 Å². The van der Waals surface area contributed by atoms with Gasteiger partial charge in [-0.2, -0.15) is 8.78 Å². The summed E-state index contributed by atoms with van der Waals surface area (Å²) in [5.74, 6) is -2.99. The zero-order valence-corrected chi connectivity index (χ0v) is 17.2. The van der Waals surface area contributed by atoms with Gasteiger partial charge in [-0.3, -0.25) is 4.79 Å². The Morgan fingerprint density at radius 1 is 1.33 bits per heavy atom. The second kappa shape index (κ2) is 7.27. The van der Waals surface area contributed by atoms with Crippen LogP contribution in [0.5, 0.6) is 0 Å². The fourth-order valence-electron chi connectivity index (χ4n) is 3.51. The summed E-state index contributed by atoms with van der Waals surface area (Å²) in [6.45, 7) is 8.66. The maximum atomic E-state index is 13.9. The van der Waals surface area contributed by atoms with E-state index in [4.69, 9.17) is 0 Å². The van der Waals surface area contributed by atoms with Gasteiger partial charge in [-0.25, -0.2) is 15.0 Å². The fraction of sp³-hybridized carbons (Fsp3) is 0.364. The molecule has 3 aromatic heterocycles. The van der Waals surface area contributed by atoms with Gasteiger partial charge in [-0.05, 0) is 37.8 Å². The van der Waals surface area contributed by atoms with Crippen LogP contribution in [0.25, 0.3) is 22.2 Å². The Hall–Kier alpha value is -3.16. The summed E-state index contributed by atoms with van der Waals surface area (Å²) >= 11 is 0. The highest BCUT2D eigenvalue weighted by atomic mass is 19.3. The molecule has 1 amide bonds. The molecule has 1 fully saturated rings. The van der Waals surface area contributed by atoms with Crippen molar-refractivity contribution < 1.29 is 13.6 Å². The quantitative estimate of drug-likeness (QED) is 0.589. The highest BCUT2D eigenvalue weighted by Crippen LogP contribution is 2.38. The number of hydrogen-bond donors (Lipinski definition) is 1. The number of hydrogen-bond acceptors (Lipinski definition) is 4. The van der Waals surface area contributed by atoms with Crippen LogP contribution in [-0.2, 0) is 17.3 Å². The minimum absolute atomic E-state index is 0.240. The molecule has 0 saturated heterocycles. The van der Waals surface area contributed by atoms with Crippen molar-refractivity contribution in [2.24, 2.45) is 5.92 Å². The van der Waals surface area contributed by atoms with Gasteiger partial charge in [-0.1, -0.05) is 12.2 Å². The van der Waals surface area contributed by atoms with Gasteiger partial charge in [0.25, 0.3) is 0 Å². The lowest BCUT2D eigenvalue weighted by Gasteiger charge is -2.11. The first-order chi connectivity index (χ1) is 14.1. The Labute approximate surface area is 173 Å². The largest absolute Gasteiger partial charge is 0.341 e. The molecule has 0 spiro atoms. The minimum Gasteiger partial charge on any atom is -0.341 e. The number of alkyl halides is 2. The van der Waals surface area contributed by atoms with Gasteiger partial charge in [0.1, 0.15) is 5.82 Å². The van der Waals surface area contributed by atoms with Crippen LogP contribution in [-0.4, -0.2) is 25.4 Å². The molecule has 3 aromatic rings. The molecule has 0 aliphatic heterocycles. The fourth-order valence-corrected chi connectivity index (χ4v) is 3.51. The van der Waals surface area contributed by atoms with Crippen molar-refractivity contribution in [1.82, 2.24) is 19.5 Å². The number of nitrogens with zero attached hydrogens (tertiary/aromatic N) is 4. The third-order valence-corrected chi connectivity index (χ3v) is 5.12. The van der Waals surface area contributed by atoms with E-state index in [1.165, 1.54) is 6.92 Å². The number of halogens is 2. The van der Waals surface area contributed by atoms with E-state index < -0.39 is 11.7 Å². The summed E-state index contributed by atoms with van der Waals surface area (Å²) in [6.07, 6.45) is 5.86. The monoisotopic (exact) mass is 411 g/mol. The number of allylic oxidation sites excluding steroid dienone is 1. The molecule has 6 nitrogen and oxygen atoms in total. The van der Waals surface area contributed by atoms with Crippen LogP contribution < -0.4 is 5.32 Å². The first-order valence-corrected chi connectivity index (χ1v) is 9.80. The number of aromatic nitrogens is 4. The second-order valence-corrected chi connectivity index (χ2v) is 7.98. The molecule has 1 aliphatic rings. The molecule has 0 aromatic carbocycles.